The van der Waals surface area contributed by atoms with Crippen LogP contribution in [0.2, 0.25) is 0 Å². The molecule has 6 heteroatoms. The second kappa shape index (κ2) is 5.95. The van der Waals surface area contributed by atoms with Gasteiger partial charge >= 0.3 is 0 Å². The minimum atomic E-state index is -1.05. The van der Waals surface area contributed by atoms with E-state index in [1.165, 1.54) is 0 Å². The van der Waals surface area contributed by atoms with Gasteiger partial charge in [-0.1, -0.05) is 30.3 Å². The van der Waals surface area contributed by atoms with Crippen LogP contribution in [0.5, 0.6) is 0 Å². The molecule has 1 heterocycles. The summed E-state index contributed by atoms with van der Waals surface area (Å²) >= 11 is 5.90. The Kier molecular flexibility index (Phi) is 4.29. The van der Waals surface area contributed by atoms with Crippen LogP contribution in [0.4, 0.5) is 0 Å². The van der Waals surface area contributed by atoms with Crippen molar-refractivity contribution in [3.8, 4) is 0 Å². The number of hydrogen-bond donors (Lipinski definition) is 1. The largest absolute Gasteiger partial charge is 0.394 e. The average molecular weight is 281 g/mol. The number of alkyl halides is 1. The van der Waals surface area contributed by atoms with Gasteiger partial charge in [-0.25, -0.2) is 0 Å². The highest BCUT2D eigenvalue weighted by atomic mass is 35.5. The Morgan fingerprint density at radius 1 is 1.26 bits per heavy atom. The van der Waals surface area contributed by atoms with Gasteiger partial charge in [0.05, 0.1) is 19.7 Å². The van der Waals surface area contributed by atoms with Crippen LogP contribution >= 0.6 is 11.6 Å². The number of benzene rings is 1. The van der Waals surface area contributed by atoms with E-state index in [-0.39, 0.29) is 25.4 Å². The predicted molar refractivity (Wildman–Crippen MR) is 71.0 cm³/mol. The number of aliphatic hydroxyl groups excluding tert-OH is 1. The maximum atomic E-state index is 12.0. The third kappa shape index (κ3) is 2.83. The summed E-state index contributed by atoms with van der Waals surface area (Å²) in [7, 11) is 0. The number of hydrogen-bond acceptors (Lipinski definition) is 4. The number of carbonyl (C=O) groups excluding carboxylic acids is 2. The SMILES string of the molecule is O=C1C(=NCCO)C(Cl)C(=O)N1Cc1ccccc1. The molecule has 0 bridgehead atoms. The van der Waals surface area contributed by atoms with Crippen molar-refractivity contribution in [3.05, 3.63) is 35.9 Å². The molecule has 0 spiro atoms. The van der Waals surface area contributed by atoms with E-state index in [4.69, 9.17) is 16.7 Å². The lowest BCUT2D eigenvalue weighted by Gasteiger charge is -2.12. The minimum absolute atomic E-state index is 0.0108. The third-order valence-corrected chi connectivity index (χ3v) is 3.15. The highest BCUT2D eigenvalue weighted by molar-refractivity contribution is 6.63. The number of carbonyl (C=O) groups is 2. The van der Waals surface area contributed by atoms with Gasteiger partial charge in [0.2, 0.25) is 0 Å². The van der Waals surface area contributed by atoms with Crippen LogP contribution in [0.1, 0.15) is 5.56 Å². The molecular formula is C13H13ClN2O3. The van der Waals surface area contributed by atoms with E-state index in [1.54, 1.807) is 0 Å². The van der Waals surface area contributed by atoms with Crippen LogP contribution in [0.15, 0.2) is 35.3 Å². The molecule has 1 atom stereocenters. The Morgan fingerprint density at radius 3 is 2.58 bits per heavy atom. The predicted octanol–water partition coefficient (Wildman–Crippen LogP) is 0.596. The molecule has 1 unspecified atom stereocenters. The molecule has 1 aromatic carbocycles. The van der Waals surface area contributed by atoms with E-state index in [0.717, 1.165) is 10.5 Å². The summed E-state index contributed by atoms with van der Waals surface area (Å²) in [5.41, 5.74) is 0.855. The molecule has 1 aliphatic heterocycles. The van der Waals surface area contributed by atoms with Gasteiger partial charge in [-0.2, -0.15) is 0 Å². The fourth-order valence-electron chi connectivity index (χ4n) is 1.83. The molecule has 1 saturated heterocycles. The molecule has 1 N–H and O–H groups in total. The molecule has 0 radical (unpaired) electrons. The van der Waals surface area contributed by atoms with E-state index < -0.39 is 17.2 Å². The molecule has 2 rings (SSSR count). The molecule has 0 saturated carbocycles. The van der Waals surface area contributed by atoms with Crippen molar-refractivity contribution in [2.45, 2.75) is 11.9 Å². The summed E-state index contributed by atoms with van der Waals surface area (Å²) < 4.78 is 0. The van der Waals surface area contributed by atoms with Gasteiger partial charge in [-0.05, 0) is 5.56 Å². The molecular weight excluding hydrogens is 268 g/mol. The van der Waals surface area contributed by atoms with Crippen molar-refractivity contribution in [2.24, 2.45) is 4.99 Å². The average Bonchev–Trinajstić information content (AvgIpc) is 2.62. The van der Waals surface area contributed by atoms with Gasteiger partial charge in [-0.3, -0.25) is 19.5 Å². The molecule has 1 aromatic rings. The van der Waals surface area contributed by atoms with Gasteiger partial charge in [0, 0.05) is 0 Å². The van der Waals surface area contributed by atoms with E-state index >= 15 is 0 Å². The number of imide groups is 1. The summed E-state index contributed by atoms with van der Waals surface area (Å²) in [6.45, 7) is 0.0594. The Balaban J connectivity index is 2.18. The third-order valence-electron chi connectivity index (χ3n) is 2.75. The Hall–Kier alpha value is -1.72. The number of nitrogens with zero attached hydrogens (tertiary/aromatic N) is 2. The number of aliphatic imine (C=N–C) groups is 1. The number of rotatable bonds is 4. The van der Waals surface area contributed by atoms with E-state index in [2.05, 4.69) is 4.99 Å². The van der Waals surface area contributed by atoms with Crippen LogP contribution < -0.4 is 0 Å². The van der Waals surface area contributed by atoms with E-state index in [0.29, 0.717) is 0 Å². The van der Waals surface area contributed by atoms with Gasteiger partial charge < -0.3 is 5.11 Å². The Morgan fingerprint density at radius 2 is 1.95 bits per heavy atom. The van der Waals surface area contributed by atoms with Crippen LogP contribution in [-0.2, 0) is 16.1 Å². The maximum absolute atomic E-state index is 12.0. The zero-order chi connectivity index (χ0) is 13.8. The van der Waals surface area contributed by atoms with Crippen LogP contribution in [0, 0.1) is 0 Å². The van der Waals surface area contributed by atoms with Gasteiger partial charge in [-0.15, -0.1) is 11.6 Å². The first-order valence-corrected chi connectivity index (χ1v) is 6.27. The molecule has 0 aliphatic carbocycles. The van der Waals surface area contributed by atoms with Gasteiger partial charge in [0.1, 0.15) is 5.71 Å². The first-order valence-electron chi connectivity index (χ1n) is 5.84. The summed E-state index contributed by atoms with van der Waals surface area (Å²) in [6.07, 6.45) is 0. The zero-order valence-corrected chi connectivity index (χ0v) is 10.9. The molecule has 2 amide bonds. The number of amides is 2. The standard InChI is InChI=1S/C13H13ClN2O3/c14-10-11(15-6-7-17)13(19)16(12(10)18)8-9-4-2-1-3-5-9/h1-5,10,17H,6-8H2. The Labute approximate surface area is 115 Å². The second-order valence-corrected chi connectivity index (χ2v) is 4.50. The van der Waals surface area contributed by atoms with Crippen molar-refractivity contribution in [1.29, 1.82) is 0 Å². The molecule has 100 valence electrons. The van der Waals surface area contributed by atoms with E-state index in [1.807, 2.05) is 30.3 Å². The summed E-state index contributed by atoms with van der Waals surface area (Å²) in [5.74, 6) is -0.950. The first-order chi connectivity index (χ1) is 9.15. The van der Waals surface area contributed by atoms with Gasteiger partial charge in [0.25, 0.3) is 11.8 Å². The lowest BCUT2D eigenvalue weighted by Crippen LogP contribution is -2.30. The smallest absolute Gasteiger partial charge is 0.276 e. The Bertz CT molecular complexity index is 516. The molecule has 1 fully saturated rings. The lowest BCUT2D eigenvalue weighted by atomic mass is 10.2. The topological polar surface area (TPSA) is 70.0 Å². The number of likely N-dealkylation sites (tertiary alicyclic amines) is 1. The molecule has 0 aromatic heterocycles. The first kappa shape index (κ1) is 13.7. The monoisotopic (exact) mass is 280 g/mol. The minimum Gasteiger partial charge on any atom is -0.394 e. The summed E-state index contributed by atoms with van der Waals surface area (Å²) in [5, 5.41) is 7.65. The van der Waals surface area contributed by atoms with Crippen molar-refractivity contribution < 1.29 is 14.7 Å². The van der Waals surface area contributed by atoms with Crippen molar-refractivity contribution in [1.82, 2.24) is 4.90 Å². The molecule has 19 heavy (non-hydrogen) atoms. The fourth-order valence-corrected chi connectivity index (χ4v) is 2.11. The second-order valence-electron chi connectivity index (χ2n) is 4.07. The van der Waals surface area contributed by atoms with Crippen LogP contribution in [0.25, 0.3) is 0 Å². The quantitative estimate of drug-likeness (QED) is 0.648. The lowest BCUT2D eigenvalue weighted by molar-refractivity contribution is -0.137. The summed E-state index contributed by atoms with van der Waals surface area (Å²) in [6, 6.07) is 9.17. The molecule has 5 nitrogen and oxygen atoms in total. The highest BCUT2D eigenvalue weighted by Gasteiger charge is 2.43. The highest BCUT2D eigenvalue weighted by Crippen LogP contribution is 2.19. The van der Waals surface area contributed by atoms with E-state index in [9.17, 15) is 9.59 Å². The van der Waals surface area contributed by atoms with Crippen molar-refractivity contribution in [3.63, 3.8) is 0 Å². The van der Waals surface area contributed by atoms with Crippen molar-refractivity contribution in [2.75, 3.05) is 13.2 Å². The fraction of sp³-hybridized carbons (Fsp3) is 0.308. The normalized spacial score (nSPS) is 21.5. The zero-order valence-electron chi connectivity index (χ0n) is 10.1. The van der Waals surface area contributed by atoms with Crippen molar-refractivity contribution >= 4 is 29.1 Å². The van der Waals surface area contributed by atoms with Gasteiger partial charge in [0.15, 0.2) is 5.38 Å². The summed E-state index contributed by atoms with van der Waals surface area (Å²) in [4.78, 5) is 28.9. The van der Waals surface area contributed by atoms with Crippen LogP contribution in [-0.4, -0.2) is 46.1 Å². The molecule has 1 aliphatic rings. The number of aliphatic hydroxyl groups is 1. The van der Waals surface area contributed by atoms with Crippen LogP contribution in [0.3, 0.4) is 0 Å². The maximum Gasteiger partial charge on any atom is 0.276 e. The number of halogens is 1.